The normalized spacial score (nSPS) is 12.5. The number of aromatic nitrogens is 4. The number of fused-ring (bicyclic) bond motifs is 1. The molecule has 0 saturated carbocycles. The third-order valence-electron chi connectivity index (χ3n) is 4.93. The SMILES string of the molecule is C[C@@H](NC(=O)Cc1ccc(-c2ncnc3[nH]ccc23)cc1)c1ccc(OCC(F)(F)F)cn1. The van der Waals surface area contributed by atoms with Gasteiger partial charge in [0.2, 0.25) is 5.91 Å². The van der Waals surface area contributed by atoms with Crippen LogP contribution in [0, 0.1) is 0 Å². The maximum atomic E-state index is 12.5. The molecule has 0 bridgehead atoms. The second-order valence-electron chi connectivity index (χ2n) is 7.45. The minimum absolute atomic E-state index is 0.00953. The summed E-state index contributed by atoms with van der Waals surface area (Å²) in [6.45, 7) is 0.364. The van der Waals surface area contributed by atoms with Crippen LogP contribution in [-0.2, 0) is 11.2 Å². The lowest BCUT2D eigenvalue weighted by Gasteiger charge is -2.14. The third-order valence-corrected chi connectivity index (χ3v) is 4.93. The predicted octanol–water partition coefficient (Wildman–Crippen LogP) is 4.38. The Hall–Kier alpha value is -3.95. The molecule has 0 aliphatic heterocycles. The Morgan fingerprint density at radius 1 is 1.09 bits per heavy atom. The Balaban J connectivity index is 1.34. The summed E-state index contributed by atoms with van der Waals surface area (Å²) < 4.78 is 41.3. The standard InChI is InChI=1S/C23H20F3N5O2/c1-14(19-7-6-17(11-28-19)33-12-23(24,25)26)31-20(32)10-15-2-4-16(5-3-15)21-18-8-9-27-22(18)30-13-29-21/h2-9,11,13-14H,10,12H2,1H3,(H,31,32)(H,27,29,30)/t14-/m1/s1. The molecular formula is C23H20F3N5O2. The molecule has 3 aromatic heterocycles. The number of alkyl halides is 3. The van der Waals surface area contributed by atoms with E-state index in [1.54, 1.807) is 13.1 Å². The number of H-pyrrole nitrogens is 1. The highest BCUT2D eigenvalue weighted by Gasteiger charge is 2.28. The summed E-state index contributed by atoms with van der Waals surface area (Å²) in [5, 5.41) is 3.76. The van der Waals surface area contributed by atoms with E-state index in [0.717, 1.165) is 27.9 Å². The molecule has 0 aliphatic carbocycles. The fraction of sp³-hybridized carbons (Fsp3) is 0.217. The van der Waals surface area contributed by atoms with Crippen molar-refractivity contribution in [2.24, 2.45) is 0 Å². The van der Waals surface area contributed by atoms with Crippen molar-refractivity contribution in [2.45, 2.75) is 25.6 Å². The van der Waals surface area contributed by atoms with Crippen LogP contribution in [0.15, 0.2) is 61.2 Å². The smallest absolute Gasteiger partial charge is 0.422 e. The minimum atomic E-state index is -4.42. The average Bonchev–Trinajstić information content (AvgIpc) is 3.27. The van der Waals surface area contributed by atoms with E-state index in [2.05, 4.69) is 30.0 Å². The fourth-order valence-corrected chi connectivity index (χ4v) is 3.33. The largest absolute Gasteiger partial charge is 0.483 e. The van der Waals surface area contributed by atoms with Crippen molar-refractivity contribution in [3.05, 3.63) is 72.4 Å². The molecular weight excluding hydrogens is 435 g/mol. The van der Waals surface area contributed by atoms with Gasteiger partial charge < -0.3 is 15.0 Å². The fourth-order valence-electron chi connectivity index (χ4n) is 3.33. The van der Waals surface area contributed by atoms with E-state index in [1.165, 1.54) is 24.7 Å². The summed E-state index contributed by atoms with van der Waals surface area (Å²) in [7, 11) is 0. The van der Waals surface area contributed by atoms with Crippen LogP contribution in [-0.4, -0.2) is 38.6 Å². The van der Waals surface area contributed by atoms with Crippen molar-refractivity contribution in [2.75, 3.05) is 6.61 Å². The van der Waals surface area contributed by atoms with Crippen molar-refractivity contribution in [3.8, 4) is 17.0 Å². The summed E-state index contributed by atoms with van der Waals surface area (Å²) in [6, 6.07) is 12.0. The summed E-state index contributed by atoms with van der Waals surface area (Å²) in [6.07, 6.45) is 0.264. The second-order valence-corrected chi connectivity index (χ2v) is 7.45. The molecule has 10 heteroatoms. The Labute approximate surface area is 187 Å². The molecule has 170 valence electrons. The maximum absolute atomic E-state index is 12.5. The lowest BCUT2D eigenvalue weighted by Crippen LogP contribution is -2.28. The van der Waals surface area contributed by atoms with Gasteiger partial charge in [-0.15, -0.1) is 0 Å². The average molecular weight is 455 g/mol. The van der Waals surface area contributed by atoms with Gasteiger partial charge in [0.1, 0.15) is 17.7 Å². The number of rotatable bonds is 7. The molecule has 1 amide bonds. The van der Waals surface area contributed by atoms with Crippen LogP contribution in [0.3, 0.4) is 0 Å². The van der Waals surface area contributed by atoms with E-state index in [1.807, 2.05) is 30.3 Å². The first-order chi connectivity index (χ1) is 15.8. The van der Waals surface area contributed by atoms with Gasteiger partial charge in [-0.2, -0.15) is 13.2 Å². The molecule has 4 rings (SSSR count). The van der Waals surface area contributed by atoms with Crippen LogP contribution in [0.5, 0.6) is 5.75 Å². The first-order valence-electron chi connectivity index (χ1n) is 10.1. The second kappa shape index (κ2) is 9.27. The van der Waals surface area contributed by atoms with E-state index in [4.69, 9.17) is 0 Å². The molecule has 4 aromatic rings. The molecule has 1 aromatic carbocycles. The number of pyridine rings is 1. The number of hydrogen-bond donors (Lipinski definition) is 2. The topological polar surface area (TPSA) is 92.8 Å². The van der Waals surface area contributed by atoms with Crippen molar-refractivity contribution in [1.29, 1.82) is 0 Å². The zero-order chi connectivity index (χ0) is 23.4. The van der Waals surface area contributed by atoms with E-state index in [9.17, 15) is 18.0 Å². The van der Waals surface area contributed by atoms with Gasteiger partial charge in [-0.1, -0.05) is 24.3 Å². The molecule has 3 heterocycles. The highest BCUT2D eigenvalue weighted by molar-refractivity contribution is 5.90. The highest BCUT2D eigenvalue weighted by Crippen LogP contribution is 2.25. The first-order valence-corrected chi connectivity index (χ1v) is 10.1. The number of halogens is 3. The van der Waals surface area contributed by atoms with Crippen LogP contribution < -0.4 is 10.1 Å². The number of aromatic amines is 1. The zero-order valence-corrected chi connectivity index (χ0v) is 17.6. The van der Waals surface area contributed by atoms with E-state index in [-0.39, 0.29) is 18.1 Å². The van der Waals surface area contributed by atoms with E-state index in [0.29, 0.717) is 5.69 Å². The number of amides is 1. The number of nitrogens with one attached hydrogen (secondary N) is 2. The lowest BCUT2D eigenvalue weighted by atomic mass is 10.0. The summed E-state index contributed by atoms with van der Waals surface area (Å²) >= 11 is 0. The van der Waals surface area contributed by atoms with Gasteiger partial charge in [0.15, 0.2) is 6.61 Å². The Morgan fingerprint density at radius 3 is 2.58 bits per heavy atom. The summed E-state index contributed by atoms with van der Waals surface area (Å²) in [5.74, 6) is -0.195. The van der Waals surface area contributed by atoms with Gasteiger partial charge in [-0.05, 0) is 30.7 Å². The number of ether oxygens (including phenoxy) is 1. The first kappa shape index (κ1) is 22.3. The van der Waals surface area contributed by atoms with Gasteiger partial charge in [0.25, 0.3) is 0 Å². The quantitative estimate of drug-likeness (QED) is 0.432. The number of hydrogen-bond acceptors (Lipinski definition) is 5. The molecule has 0 aliphatic rings. The Bertz CT molecular complexity index is 1240. The molecule has 7 nitrogen and oxygen atoms in total. The molecule has 33 heavy (non-hydrogen) atoms. The Kier molecular flexibility index (Phi) is 6.25. The van der Waals surface area contributed by atoms with Gasteiger partial charge >= 0.3 is 6.18 Å². The van der Waals surface area contributed by atoms with Crippen LogP contribution >= 0.6 is 0 Å². The predicted molar refractivity (Wildman–Crippen MR) is 115 cm³/mol. The summed E-state index contributed by atoms with van der Waals surface area (Å²) in [5.41, 5.74) is 3.81. The molecule has 0 fully saturated rings. The number of nitrogens with zero attached hydrogens (tertiary/aromatic N) is 3. The van der Waals surface area contributed by atoms with Crippen molar-refractivity contribution in [3.63, 3.8) is 0 Å². The van der Waals surface area contributed by atoms with Crippen LogP contribution in [0.2, 0.25) is 0 Å². The van der Waals surface area contributed by atoms with Crippen molar-refractivity contribution >= 4 is 16.9 Å². The van der Waals surface area contributed by atoms with Crippen LogP contribution in [0.1, 0.15) is 24.2 Å². The molecule has 0 saturated heterocycles. The number of carbonyl (C=O) groups excluding carboxylic acids is 1. The zero-order valence-electron chi connectivity index (χ0n) is 17.6. The van der Waals surface area contributed by atoms with Crippen molar-refractivity contribution < 1.29 is 22.7 Å². The van der Waals surface area contributed by atoms with Gasteiger partial charge in [0, 0.05) is 17.1 Å². The highest BCUT2D eigenvalue weighted by atomic mass is 19.4. The monoisotopic (exact) mass is 455 g/mol. The van der Waals surface area contributed by atoms with Gasteiger partial charge in [0.05, 0.1) is 30.0 Å². The van der Waals surface area contributed by atoms with E-state index >= 15 is 0 Å². The van der Waals surface area contributed by atoms with Gasteiger partial charge in [-0.3, -0.25) is 9.78 Å². The Morgan fingerprint density at radius 2 is 1.88 bits per heavy atom. The van der Waals surface area contributed by atoms with E-state index < -0.39 is 18.8 Å². The molecule has 0 unspecified atom stereocenters. The van der Waals surface area contributed by atoms with Gasteiger partial charge in [-0.25, -0.2) is 9.97 Å². The van der Waals surface area contributed by atoms with Crippen LogP contribution in [0.25, 0.3) is 22.3 Å². The molecule has 2 N–H and O–H groups in total. The molecule has 1 atom stereocenters. The third kappa shape index (κ3) is 5.65. The number of benzene rings is 1. The molecule has 0 radical (unpaired) electrons. The van der Waals surface area contributed by atoms with Crippen molar-refractivity contribution in [1.82, 2.24) is 25.3 Å². The number of carbonyl (C=O) groups is 1. The maximum Gasteiger partial charge on any atom is 0.422 e. The summed E-state index contributed by atoms with van der Waals surface area (Å²) in [4.78, 5) is 28.1. The lowest BCUT2D eigenvalue weighted by molar-refractivity contribution is -0.153. The molecule has 0 spiro atoms. The minimum Gasteiger partial charge on any atom is -0.483 e. The van der Waals surface area contributed by atoms with Crippen LogP contribution in [0.4, 0.5) is 13.2 Å².